The summed E-state index contributed by atoms with van der Waals surface area (Å²) in [6, 6.07) is 0. The highest BCUT2D eigenvalue weighted by Crippen LogP contribution is 2.11. The summed E-state index contributed by atoms with van der Waals surface area (Å²) in [6.07, 6.45) is 2.69. The Morgan fingerprint density at radius 2 is 2.07 bits per heavy atom. The van der Waals surface area contributed by atoms with E-state index >= 15 is 0 Å². The van der Waals surface area contributed by atoms with Crippen molar-refractivity contribution < 1.29 is 13.2 Å². The standard InChI is InChI=1S/C9H17NO3S/c1-14(12,13)4-2-3-9(11)5-8-6-10-7-8/h8,10H,2-7H2,1H3. The lowest BCUT2D eigenvalue weighted by molar-refractivity contribution is -0.120. The molecule has 0 unspecified atom stereocenters. The van der Waals surface area contributed by atoms with Crippen molar-refractivity contribution in [3.63, 3.8) is 0 Å². The first kappa shape index (κ1) is 11.7. The fourth-order valence-corrected chi connectivity index (χ4v) is 2.12. The predicted octanol–water partition coefficient (Wildman–Crippen LogP) is -0.0102. The molecule has 1 fully saturated rings. The number of nitrogens with one attached hydrogen (secondary N) is 1. The molecule has 0 aromatic rings. The van der Waals surface area contributed by atoms with Gasteiger partial charge in [-0.25, -0.2) is 8.42 Å². The van der Waals surface area contributed by atoms with E-state index in [-0.39, 0.29) is 11.5 Å². The van der Waals surface area contributed by atoms with E-state index in [1.807, 2.05) is 0 Å². The van der Waals surface area contributed by atoms with Crippen molar-refractivity contribution in [1.82, 2.24) is 5.32 Å². The molecule has 0 aromatic heterocycles. The van der Waals surface area contributed by atoms with Crippen LogP contribution >= 0.6 is 0 Å². The largest absolute Gasteiger partial charge is 0.316 e. The van der Waals surface area contributed by atoms with Gasteiger partial charge in [-0.2, -0.15) is 0 Å². The fraction of sp³-hybridized carbons (Fsp3) is 0.889. The summed E-state index contributed by atoms with van der Waals surface area (Å²) in [5, 5.41) is 3.10. The molecule has 1 saturated heterocycles. The highest BCUT2D eigenvalue weighted by molar-refractivity contribution is 7.90. The monoisotopic (exact) mass is 219 g/mol. The Balaban J connectivity index is 2.08. The van der Waals surface area contributed by atoms with E-state index in [9.17, 15) is 13.2 Å². The molecule has 4 nitrogen and oxygen atoms in total. The maximum atomic E-state index is 11.3. The molecule has 0 atom stereocenters. The first-order valence-corrected chi connectivity index (χ1v) is 6.93. The molecule has 1 aliphatic rings. The highest BCUT2D eigenvalue weighted by Gasteiger charge is 2.19. The van der Waals surface area contributed by atoms with Crippen LogP contribution in [0.4, 0.5) is 0 Å². The molecule has 0 amide bonds. The van der Waals surface area contributed by atoms with Crippen molar-refractivity contribution in [2.24, 2.45) is 5.92 Å². The predicted molar refractivity (Wildman–Crippen MR) is 54.9 cm³/mol. The van der Waals surface area contributed by atoms with E-state index in [1.54, 1.807) is 0 Å². The third-order valence-electron chi connectivity index (χ3n) is 2.35. The van der Waals surface area contributed by atoms with Crippen LogP contribution in [0.15, 0.2) is 0 Å². The molecule has 1 rings (SSSR count). The second-order valence-corrected chi connectivity index (χ2v) is 6.26. The van der Waals surface area contributed by atoms with Crippen LogP contribution in [0.5, 0.6) is 0 Å². The van der Waals surface area contributed by atoms with Crippen molar-refractivity contribution >= 4 is 15.6 Å². The zero-order valence-corrected chi connectivity index (χ0v) is 9.27. The highest BCUT2D eigenvalue weighted by atomic mass is 32.2. The molecule has 0 aliphatic carbocycles. The van der Waals surface area contributed by atoms with E-state index < -0.39 is 9.84 Å². The van der Waals surface area contributed by atoms with Gasteiger partial charge in [0.2, 0.25) is 0 Å². The quantitative estimate of drug-likeness (QED) is 0.682. The van der Waals surface area contributed by atoms with Crippen LogP contribution in [0.25, 0.3) is 0 Å². The van der Waals surface area contributed by atoms with Gasteiger partial charge in [0.1, 0.15) is 15.6 Å². The summed E-state index contributed by atoms with van der Waals surface area (Å²) in [7, 11) is -2.90. The summed E-state index contributed by atoms with van der Waals surface area (Å²) < 4.78 is 21.6. The van der Waals surface area contributed by atoms with E-state index in [0.717, 1.165) is 13.1 Å². The van der Waals surface area contributed by atoms with E-state index in [1.165, 1.54) is 6.26 Å². The van der Waals surface area contributed by atoms with Crippen LogP contribution in [-0.2, 0) is 14.6 Å². The number of ketones is 1. The van der Waals surface area contributed by atoms with Gasteiger partial charge in [0.25, 0.3) is 0 Å². The van der Waals surface area contributed by atoms with Crippen molar-refractivity contribution in [2.45, 2.75) is 19.3 Å². The van der Waals surface area contributed by atoms with Crippen molar-refractivity contribution in [3.8, 4) is 0 Å². The van der Waals surface area contributed by atoms with Crippen LogP contribution in [0, 0.1) is 5.92 Å². The molecule has 0 aromatic carbocycles. The number of sulfone groups is 1. The Morgan fingerprint density at radius 3 is 2.50 bits per heavy atom. The van der Waals surface area contributed by atoms with Gasteiger partial charge < -0.3 is 5.32 Å². The molecule has 82 valence electrons. The lowest BCUT2D eigenvalue weighted by Crippen LogP contribution is -2.42. The molecule has 0 bridgehead atoms. The summed E-state index contributed by atoms with van der Waals surface area (Å²) in [5.41, 5.74) is 0. The normalized spacial score (nSPS) is 17.8. The zero-order chi connectivity index (χ0) is 10.6. The minimum atomic E-state index is -2.90. The lowest BCUT2D eigenvalue weighted by Gasteiger charge is -2.26. The molecular weight excluding hydrogens is 202 g/mol. The molecular formula is C9H17NO3S. The first-order valence-electron chi connectivity index (χ1n) is 4.87. The van der Waals surface area contributed by atoms with Crippen molar-refractivity contribution in [1.29, 1.82) is 0 Å². The van der Waals surface area contributed by atoms with Crippen LogP contribution in [0.2, 0.25) is 0 Å². The van der Waals surface area contributed by atoms with Crippen molar-refractivity contribution in [3.05, 3.63) is 0 Å². The Hall–Kier alpha value is -0.420. The van der Waals surface area contributed by atoms with Crippen LogP contribution < -0.4 is 5.32 Å². The Labute approximate surface area is 85.0 Å². The topological polar surface area (TPSA) is 63.2 Å². The second-order valence-electron chi connectivity index (χ2n) is 4.00. The molecule has 1 aliphatic heterocycles. The fourth-order valence-electron chi connectivity index (χ4n) is 1.45. The average Bonchev–Trinajstić information content (AvgIpc) is 1.94. The summed E-state index contributed by atoms with van der Waals surface area (Å²) in [6.45, 7) is 1.86. The van der Waals surface area contributed by atoms with E-state index in [4.69, 9.17) is 0 Å². The van der Waals surface area contributed by atoms with Gasteiger partial charge in [0.05, 0.1) is 5.75 Å². The molecule has 0 saturated carbocycles. The SMILES string of the molecule is CS(=O)(=O)CCCC(=O)CC1CNC1. The third-order valence-corrected chi connectivity index (χ3v) is 3.38. The average molecular weight is 219 g/mol. The number of hydrogen-bond donors (Lipinski definition) is 1. The van der Waals surface area contributed by atoms with Gasteiger partial charge in [0.15, 0.2) is 0 Å². The number of Topliss-reactive ketones (excluding diaryl/α,β-unsaturated/α-hetero) is 1. The van der Waals surface area contributed by atoms with E-state index in [2.05, 4.69) is 5.32 Å². The smallest absolute Gasteiger partial charge is 0.147 e. The molecule has 0 radical (unpaired) electrons. The van der Waals surface area contributed by atoms with Crippen molar-refractivity contribution in [2.75, 3.05) is 25.1 Å². The number of carbonyl (C=O) groups is 1. The maximum Gasteiger partial charge on any atom is 0.147 e. The molecule has 0 spiro atoms. The van der Waals surface area contributed by atoms with Crippen LogP contribution in [0.3, 0.4) is 0 Å². The summed E-state index contributed by atoms with van der Waals surface area (Å²) in [5.74, 6) is 0.808. The van der Waals surface area contributed by atoms with Crippen LogP contribution in [-0.4, -0.2) is 39.3 Å². The van der Waals surface area contributed by atoms with Gasteiger partial charge in [-0.3, -0.25) is 4.79 Å². The summed E-state index contributed by atoms with van der Waals surface area (Å²) >= 11 is 0. The maximum absolute atomic E-state index is 11.3. The number of hydrogen-bond acceptors (Lipinski definition) is 4. The third kappa shape index (κ3) is 4.72. The minimum Gasteiger partial charge on any atom is -0.316 e. The second kappa shape index (κ2) is 4.89. The molecule has 1 heterocycles. The minimum absolute atomic E-state index is 0.127. The molecule has 5 heteroatoms. The lowest BCUT2D eigenvalue weighted by atomic mass is 9.95. The van der Waals surface area contributed by atoms with E-state index in [0.29, 0.717) is 25.2 Å². The number of rotatable bonds is 6. The zero-order valence-electron chi connectivity index (χ0n) is 8.45. The molecule has 1 N–H and O–H groups in total. The van der Waals surface area contributed by atoms with Gasteiger partial charge in [0, 0.05) is 19.1 Å². The van der Waals surface area contributed by atoms with Gasteiger partial charge in [-0.05, 0) is 25.4 Å². The Bertz CT molecular complexity index is 293. The van der Waals surface area contributed by atoms with Gasteiger partial charge in [-0.15, -0.1) is 0 Å². The van der Waals surface area contributed by atoms with Gasteiger partial charge >= 0.3 is 0 Å². The van der Waals surface area contributed by atoms with Crippen LogP contribution in [0.1, 0.15) is 19.3 Å². The Kier molecular flexibility index (Phi) is 4.07. The Morgan fingerprint density at radius 1 is 1.43 bits per heavy atom. The number of carbonyl (C=O) groups excluding carboxylic acids is 1. The summed E-state index contributed by atoms with van der Waals surface area (Å²) in [4.78, 5) is 11.3. The van der Waals surface area contributed by atoms with Gasteiger partial charge in [-0.1, -0.05) is 0 Å². The first-order chi connectivity index (χ1) is 6.47. The molecule has 14 heavy (non-hydrogen) atoms.